The highest BCUT2D eigenvalue weighted by Gasteiger charge is 2.43. The van der Waals surface area contributed by atoms with Crippen molar-refractivity contribution in [1.82, 2.24) is 10.6 Å². The second-order valence-corrected chi connectivity index (χ2v) is 5.80. The highest BCUT2D eigenvalue weighted by Crippen LogP contribution is 2.19. The lowest BCUT2D eigenvalue weighted by Crippen LogP contribution is -2.58. The monoisotopic (exact) mass is 374 g/mol. The second-order valence-electron chi connectivity index (χ2n) is 5.80. The van der Waals surface area contributed by atoms with E-state index in [4.69, 9.17) is 18.9 Å². The van der Waals surface area contributed by atoms with Gasteiger partial charge in [-0.05, 0) is 6.42 Å². The van der Waals surface area contributed by atoms with E-state index in [-0.39, 0.29) is 25.7 Å². The van der Waals surface area contributed by atoms with Crippen LogP contribution >= 0.6 is 0 Å². The summed E-state index contributed by atoms with van der Waals surface area (Å²) in [6.45, 7) is 5.22. The van der Waals surface area contributed by atoms with E-state index in [1.165, 1.54) is 20.8 Å². The highest BCUT2D eigenvalue weighted by molar-refractivity contribution is 5.76. The molecule has 1 aliphatic rings. The van der Waals surface area contributed by atoms with Crippen LogP contribution in [0.4, 0.5) is 0 Å². The summed E-state index contributed by atoms with van der Waals surface area (Å²) < 4.78 is 21.1. The molecular weight excluding hydrogens is 348 g/mol. The zero-order chi connectivity index (χ0) is 19.7. The van der Waals surface area contributed by atoms with Crippen molar-refractivity contribution in [1.29, 1.82) is 0 Å². The Bertz CT molecular complexity index is 524. The van der Waals surface area contributed by atoms with Gasteiger partial charge in [-0.2, -0.15) is 0 Å². The number of rotatable bonds is 7. The third-order valence-corrected chi connectivity index (χ3v) is 3.47. The topological polar surface area (TPSA) is 129 Å². The molecule has 2 N–H and O–H groups in total. The summed E-state index contributed by atoms with van der Waals surface area (Å²) in [7, 11) is 0. The molecule has 0 spiro atoms. The molecule has 0 radical (unpaired) electrons. The van der Waals surface area contributed by atoms with Crippen molar-refractivity contribution in [3.63, 3.8) is 0 Å². The van der Waals surface area contributed by atoms with Crippen molar-refractivity contribution in [3.05, 3.63) is 0 Å². The highest BCUT2D eigenvalue weighted by atomic mass is 16.6. The van der Waals surface area contributed by atoms with Gasteiger partial charge in [-0.1, -0.05) is 6.92 Å². The Hall–Kier alpha value is -2.20. The second kappa shape index (κ2) is 10.7. The fourth-order valence-corrected chi connectivity index (χ4v) is 2.47. The largest absolute Gasteiger partial charge is 0.463 e. The van der Waals surface area contributed by atoms with Crippen molar-refractivity contribution in [3.8, 4) is 0 Å². The minimum absolute atomic E-state index is 0.0431. The Morgan fingerprint density at radius 3 is 2.19 bits per heavy atom. The summed E-state index contributed by atoms with van der Waals surface area (Å²) >= 11 is 0. The lowest BCUT2D eigenvalue weighted by atomic mass is 10.1. The van der Waals surface area contributed by atoms with E-state index in [0.717, 1.165) is 0 Å². The van der Waals surface area contributed by atoms with Crippen LogP contribution < -0.4 is 10.6 Å². The SMILES string of the molecule is CCCC(=O)NC1NCOC(COC(C)=O)[C@@H](OC(C)=O)[C@@H]1OC(C)=O. The van der Waals surface area contributed by atoms with Crippen molar-refractivity contribution in [2.75, 3.05) is 13.3 Å². The molecule has 148 valence electrons. The standard InChI is InChI=1S/C16H26N2O8/c1-5-6-13(22)18-16-15(26-11(4)21)14(25-10(3)20)12(24-8-17-16)7-23-9(2)19/h12,14-17H,5-8H2,1-4H3,(H,18,22)/t12?,14-,15+,16?/m1/s1. The molecule has 2 unspecified atom stereocenters. The van der Waals surface area contributed by atoms with Crippen LogP contribution in [0.2, 0.25) is 0 Å². The smallest absolute Gasteiger partial charge is 0.303 e. The van der Waals surface area contributed by atoms with E-state index in [2.05, 4.69) is 10.6 Å². The molecule has 26 heavy (non-hydrogen) atoms. The van der Waals surface area contributed by atoms with E-state index in [1.54, 1.807) is 0 Å². The van der Waals surface area contributed by atoms with Gasteiger partial charge in [0, 0.05) is 27.2 Å². The Morgan fingerprint density at radius 2 is 1.65 bits per heavy atom. The van der Waals surface area contributed by atoms with E-state index >= 15 is 0 Å². The average Bonchev–Trinajstić information content (AvgIpc) is 2.66. The molecule has 1 rings (SSSR count). The number of carbonyl (C=O) groups is 4. The van der Waals surface area contributed by atoms with Crippen molar-refractivity contribution in [2.45, 2.75) is 65.0 Å². The van der Waals surface area contributed by atoms with Gasteiger partial charge in [0.2, 0.25) is 5.91 Å². The van der Waals surface area contributed by atoms with E-state index in [9.17, 15) is 19.2 Å². The molecule has 0 aromatic heterocycles. The molecule has 0 aromatic carbocycles. The Morgan fingerprint density at radius 1 is 1.04 bits per heavy atom. The lowest BCUT2D eigenvalue weighted by Gasteiger charge is -2.32. The van der Waals surface area contributed by atoms with Crippen LogP contribution in [0.1, 0.15) is 40.5 Å². The van der Waals surface area contributed by atoms with Crippen molar-refractivity contribution >= 4 is 23.8 Å². The third kappa shape index (κ3) is 7.36. The van der Waals surface area contributed by atoms with Crippen LogP contribution in [0.15, 0.2) is 0 Å². The third-order valence-electron chi connectivity index (χ3n) is 3.47. The molecule has 1 heterocycles. The summed E-state index contributed by atoms with van der Waals surface area (Å²) in [4.78, 5) is 46.2. The normalized spacial score (nSPS) is 25.5. The van der Waals surface area contributed by atoms with Crippen LogP contribution in [0.5, 0.6) is 0 Å². The van der Waals surface area contributed by atoms with Gasteiger partial charge in [0.25, 0.3) is 0 Å². The van der Waals surface area contributed by atoms with Gasteiger partial charge in [0.1, 0.15) is 18.9 Å². The van der Waals surface area contributed by atoms with Gasteiger partial charge in [-0.15, -0.1) is 0 Å². The summed E-state index contributed by atoms with van der Waals surface area (Å²) in [6, 6.07) is 0. The predicted octanol–water partition coefficient (Wildman–Crippen LogP) is -0.399. The molecule has 10 nitrogen and oxygen atoms in total. The van der Waals surface area contributed by atoms with Crippen LogP contribution in [-0.4, -0.2) is 61.6 Å². The molecule has 4 atom stereocenters. The maximum atomic E-state index is 12.0. The molecule has 10 heteroatoms. The van der Waals surface area contributed by atoms with Crippen LogP contribution in [0, 0.1) is 0 Å². The first-order valence-electron chi connectivity index (χ1n) is 8.36. The first-order chi connectivity index (χ1) is 12.2. The number of amides is 1. The van der Waals surface area contributed by atoms with Gasteiger partial charge in [-0.3, -0.25) is 24.5 Å². The summed E-state index contributed by atoms with van der Waals surface area (Å²) in [5.41, 5.74) is 0. The quantitative estimate of drug-likeness (QED) is 0.452. The molecule has 1 fully saturated rings. The van der Waals surface area contributed by atoms with Gasteiger partial charge in [-0.25, -0.2) is 0 Å². The van der Waals surface area contributed by atoms with Crippen molar-refractivity contribution in [2.24, 2.45) is 0 Å². The number of nitrogens with one attached hydrogen (secondary N) is 2. The molecule has 0 saturated carbocycles. The first kappa shape index (κ1) is 21.8. The molecular formula is C16H26N2O8. The number of carbonyl (C=O) groups excluding carboxylic acids is 4. The van der Waals surface area contributed by atoms with Crippen LogP contribution in [0.3, 0.4) is 0 Å². The fraction of sp³-hybridized carbons (Fsp3) is 0.750. The molecule has 1 amide bonds. The van der Waals surface area contributed by atoms with Gasteiger partial charge >= 0.3 is 17.9 Å². The maximum Gasteiger partial charge on any atom is 0.303 e. The summed E-state index contributed by atoms with van der Waals surface area (Å²) in [5, 5.41) is 5.58. The van der Waals surface area contributed by atoms with Crippen molar-refractivity contribution < 1.29 is 38.1 Å². The van der Waals surface area contributed by atoms with E-state index < -0.39 is 42.4 Å². The zero-order valence-electron chi connectivity index (χ0n) is 15.4. The molecule has 0 aromatic rings. The van der Waals surface area contributed by atoms with Crippen LogP contribution in [0.25, 0.3) is 0 Å². The molecule has 1 saturated heterocycles. The number of hydrogen-bond donors (Lipinski definition) is 2. The van der Waals surface area contributed by atoms with Gasteiger partial charge in [0.05, 0.1) is 6.73 Å². The van der Waals surface area contributed by atoms with Gasteiger partial charge in [0.15, 0.2) is 12.2 Å². The van der Waals surface area contributed by atoms with Gasteiger partial charge < -0.3 is 24.3 Å². The number of hydrogen-bond acceptors (Lipinski definition) is 9. The summed E-state index contributed by atoms with van der Waals surface area (Å²) in [5.74, 6) is -2.06. The first-order valence-corrected chi connectivity index (χ1v) is 8.36. The van der Waals surface area contributed by atoms with E-state index in [1.807, 2.05) is 6.92 Å². The minimum atomic E-state index is -1.09. The fourth-order valence-electron chi connectivity index (χ4n) is 2.47. The zero-order valence-corrected chi connectivity index (χ0v) is 15.4. The molecule has 0 aliphatic carbocycles. The lowest BCUT2D eigenvalue weighted by molar-refractivity contribution is -0.182. The minimum Gasteiger partial charge on any atom is -0.463 e. The molecule has 1 aliphatic heterocycles. The van der Waals surface area contributed by atoms with E-state index in [0.29, 0.717) is 6.42 Å². The Labute approximate surface area is 151 Å². The maximum absolute atomic E-state index is 12.0. The summed E-state index contributed by atoms with van der Waals surface area (Å²) in [6.07, 6.45) is -2.97. The Kier molecular flexibility index (Phi) is 9.00. The predicted molar refractivity (Wildman–Crippen MR) is 87.5 cm³/mol. The number of esters is 3. The number of ether oxygens (including phenoxy) is 4. The molecule has 0 bridgehead atoms. The van der Waals surface area contributed by atoms with Crippen LogP contribution in [-0.2, 0) is 38.1 Å². The average molecular weight is 374 g/mol. The Balaban J connectivity index is 3.08.